The summed E-state index contributed by atoms with van der Waals surface area (Å²) in [6.45, 7) is 0.662. The van der Waals surface area contributed by atoms with E-state index in [1.165, 1.54) is 0 Å². The van der Waals surface area contributed by atoms with Crippen LogP contribution < -0.4 is 0 Å². The maximum atomic E-state index is 12.9. The van der Waals surface area contributed by atoms with Crippen LogP contribution in [0.2, 0.25) is 0 Å². The van der Waals surface area contributed by atoms with Gasteiger partial charge in [0, 0.05) is 40.4 Å². The number of carbonyl (C=O) groups excluding carboxylic acids is 2. The quantitative estimate of drug-likeness (QED) is 0.796. The van der Waals surface area contributed by atoms with Gasteiger partial charge in [0.25, 0.3) is 5.91 Å². The third-order valence-corrected chi connectivity index (χ3v) is 4.45. The number of ether oxygens (including phenoxy) is 1. The molecule has 2 aliphatic rings. The van der Waals surface area contributed by atoms with Crippen molar-refractivity contribution in [2.75, 3.05) is 20.7 Å². The zero-order valence-electron chi connectivity index (χ0n) is 12.7. The summed E-state index contributed by atoms with van der Waals surface area (Å²) in [6, 6.07) is 3.23. The Hall–Kier alpha value is -1.82. The number of carbonyl (C=O) groups is 2. The number of fused-ring (bicyclic) bond motifs is 1. The average Bonchev–Trinajstić information content (AvgIpc) is 3.11. The third-order valence-electron chi connectivity index (χ3n) is 4.45. The van der Waals surface area contributed by atoms with Crippen LogP contribution in [0.3, 0.4) is 0 Å². The first-order valence-corrected chi connectivity index (χ1v) is 7.27. The van der Waals surface area contributed by atoms with Gasteiger partial charge in [0.1, 0.15) is 11.7 Å². The Morgan fingerprint density at radius 3 is 2.76 bits per heavy atom. The van der Waals surface area contributed by atoms with Gasteiger partial charge in [0.2, 0.25) is 5.91 Å². The van der Waals surface area contributed by atoms with Gasteiger partial charge in [-0.05, 0) is 18.6 Å². The Balaban J connectivity index is 1.93. The molecular weight excluding hydrogens is 270 g/mol. The van der Waals surface area contributed by atoms with Crippen molar-refractivity contribution in [1.82, 2.24) is 14.4 Å². The molecule has 1 aromatic rings. The number of likely N-dealkylation sites (tertiary alicyclic amines) is 1. The van der Waals surface area contributed by atoms with Crippen molar-refractivity contribution in [3.63, 3.8) is 0 Å². The molecule has 0 N–H and O–H groups in total. The molecule has 0 spiro atoms. The van der Waals surface area contributed by atoms with E-state index in [1.54, 1.807) is 34.5 Å². The van der Waals surface area contributed by atoms with E-state index in [4.69, 9.17) is 4.74 Å². The summed E-state index contributed by atoms with van der Waals surface area (Å²) in [6.07, 6.45) is 3.23. The highest BCUT2D eigenvalue weighted by Crippen LogP contribution is 2.35. The number of nitrogens with zero attached hydrogens (tertiary/aromatic N) is 3. The molecule has 1 unspecified atom stereocenters. The summed E-state index contributed by atoms with van der Waals surface area (Å²) in [7, 11) is 5.29. The van der Waals surface area contributed by atoms with Crippen LogP contribution in [0.15, 0.2) is 18.3 Å². The lowest BCUT2D eigenvalue weighted by molar-refractivity contribution is -0.133. The molecule has 0 bridgehead atoms. The van der Waals surface area contributed by atoms with Crippen molar-refractivity contribution >= 4 is 11.8 Å². The second kappa shape index (κ2) is 5.18. The zero-order chi connectivity index (χ0) is 15.1. The van der Waals surface area contributed by atoms with Crippen molar-refractivity contribution in [3.8, 4) is 0 Å². The lowest BCUT2D eigenvalue weighted by Crippen LogP contribution is -2.49. The SMILES string of the molecule is CN(C)C(=O)C1C[C@@H]2OCC[C@@H]2N1C(=O)c1cccn1C. The Morgan fingerprint density at radius 1 is 1.38 bits per heavy atom. The standard InChI is InChI=1S/C15H21N3O3/c1-16(2)14(19)12-9-13-10(6-8-21-13)18(12)15(20)11-5-4-7-17(11)3/h4-5,7,10,12-13H,6,8-9H2,1-3H3/t10-,12?,13-/m0/s1. The molecule has 0 radical (unpaired) electrons. The van der Waals surface area contributed by atoms with Gasteiger partial charge < -0.3 is 19.1 Å². The molecule has 2 fully saturated rings. The van der Waals surface area contributed by atoms with Crippen molar-refractivity contribution in [1.29, 1.82) is 0 Å². The van der Waals surface area contributed by atoms with Crippen LogP contribution in [0.1, 0.15) is 23.3 Å². The van der Waals surface area contributed by atoms with Crippen molar-refractivity contribution in [2.24, 2.45) is 7.05 Å². The van der Waals surface area contributed by atoms with Crippen LogP contribution in [-0.4, -0.2) is 65.1 Å². The molecule has 3 rings (SSSR count). The minimum absolute atomic E-state index is 0.0110. The summed E-state index contributed by atoms with van der Waals surface area (Å²) in [5.41, 5.74) is 0.610. The summed E-state index contributed by atoms with van der Waals surface area (Å²) in [4.78, 5) is 28.6. The molecule has 6 nitrogen and oxygen atoms in total. The summed E-state index contributed by atoms with van der Waals surface area (Å²) >= 11 is 0. The molecule has 0 saturated carbocycles. The number of rotatable bonds is 2. The van der Waals surface area contributed by atoms with Crippen molar-refractivity contribution in [3.05, 3.63) is 24.0 Å². The van der Waals surface area contributed by atoms with E-state index >= 15 is 0 Å². The van der Waals surface area contributed by atoms with Gasteiger partial charge in [0.15, 0.2) is 0 Å². The Bertz CT molecular complexity index is 566. The molecule has 3 heterocycles. The second-order valence-electron chi connectivity index (χ2n) is 5.97. The van der Waals surface area contributed by atoms with Crippen LogP contribution in [-0.2, 0) is 16.6 Å². The molecule has 21 heavy (non-hydrogen) atoms. The second-order valence-corrected chi connectivity index (χ2v) is 5.97. The van der Waals surface area contributed by atoms with Crippen LogP contribution >= 0.6 is 0 Å². The van der Waals surface area contributed by atoms with E-state index in [0.717, 1.165) is 6.42 Å². The minimum atomic E-state index is -0.419. The molecule has 2 aliphatic heterocycles. The molecule has 6 heteroatoms. The van der Waals surface area contributed by atoms with Crippen LogP contribution in [0.25, 0.3) is 0 Å². The Labute approximate surface area is 124 Å². The molecule has 0 aliphatic carbocycles. The number of aromatic nitrogens is 1. The van der Waals surface area contributed by atoms with Gasteiger partial charge in [-0.1, -0.05) is 0 Å². The summed E-state index contributed by atoms with van der Waals surface area (Å²) in [5, 5.41) is 0. The molecule has 1 aromatic heterocycles. The smallest absolute Gasteiger partial charge is 0.271 e. The van der Waals surface area contributed by atoms with Gasteiger partial charge in [-0.3, -0.25) is 9.59 Å². The highest BCUT2D eigenvalue weighted by atomic mass is 16.5. The first-order valence-electron chi connectivity index (χ1n) is 7.27. The maximum Gasteiger partial charge on any atom is 0.271 e. The van der Waals surface area contributed by atoms with Crippen molar-refractivity contribution < 1.29 is 14.3 Å². The van der Waals surface area contributed by atoms with E-state index in [2.05, 4.69) is 0 Å². The van der Waals surface area contributed by atoms with Crippen LogP contribution in [0, 0.1) is 0 Å². The molecular formula is C15H21N3O3. The molecule has 0 aromatic carbocycles. The number of likely N-dealkylation sites (N-methyl/N-ethyl adjacent to an activating group) is 1. The highest BCUT2D eigenvalue weighted by Gasteiger charge is 2.50. The molecule has 3 atom stereocenters. The first-order chi connectivity index (χ1) is 10.0. The minimum Gasteiger partial charge on any atom is -0.376 e. The van der Waals surface area contributed by atoms with Gasteiger partial charge in [-0.25, -0.2) is 0 Å². The van der Waals surface area contributed by atoms with Gasteiger partial charge in [-0.2, -0.15) is 0 Å². The van der Waals surface area contributed by atoms with E-state index in [-0.39, 0.29) is 24.0 Å². The van der Waals surface area contributed by atoms with Gasteiger partial charge >= 0.3 is 0 Å². The van der Waals surface area contributed by atoms with E-state index in [9.17, 15) is 9.59 Å². The lowest BCUT2D eigenvalue weighted by atomic mass is 10.1. The molecule has 114 valence electrons. The predicted molar refractivity (Wildman–Crippen MR) is 76.8 cm³/mol. The summed E-state index contributed by atoms with van der Waals surface area (Å²) < 4.78 is 7.49. The Morgan fingerprint density at radius 2 is 2.14 bits per heavy atom. The van der Waals surface area contributed by atoms with Crippen LogP contribution in [0.4, 0.5) is 0 Å². The third kappa shape index (κ3) is 2.23. The van der Waals surface area contributed by atoms with Crippen molar-refractivity contribution in [2.45, 2.75) is 31.0 Å². The van der Waals surface area contributed by atoms with E-state index in [0.29, 0.717) is 18.7 Å². The first kappa shape index (κ1) is 14.1. The normalized spacial score (nSPS) is 27.8. The zero-order valence-corrected chi connectivity index (χ0v) is 12.7. The number of hydrogen-bond acceptors (Lipinski definition) is 3. The maximum absolute atomic E-state index is 12.9. The molecule has 2 amide bonds. The van der Waals surface area contributed by atoms with Gasteiger partial charge in [0.05, 0.1) is 12.1 Å². The predicted octanol–water partition coefficient (Wildman–Crippen LogP) is 0.485. The largest absolute Gasteiger partial charge is 0.376 e. The Kier molecular flexibility index (Phi) is 3.49. The number of hydrogen-bond donors (Lipinski definition) is 0. The van der Waals surface area contributed by atoms with Gasteiger partial charge in [-0.15, -0.1) is 0 Å². The monoisotopic (exact) mass is 291 g/mol. The fraction of sp³-hybridized carbons (Fsp3) is 0.600. The summed E-state index contributed by atoms with van der Waals surface area (Å²) in [5.74, 6) is -0.115. The average molecular weight is 291 g/mol. The van der Waals surface area contributed by atoms with E-state index < -0.39 is 6.04 Å². The fourth-order valence-corrected chi connectivity index (χ4v) is 3.37. The number of amides is 2. The fourth-order valence-electron chi connectivity index (χ4n) is 3.37. The lowest BCUT2D eigenvalue weighted by Gasteiger charge is -2.30. The topological polar surface area (TPSA) is 54.8 Å². The number of aryl methyl sites for hydroxylation is 1. The highest BCUT2D eigenvalue weighted by molar-refractivity contribution is 5.97. The van der Waals surface area contributed by atoms with E-state index in [1.807, 2.05) is 19.3 Å². The molecule has 2 saturated heterocycles. The van der Waals surface area contributed by atoms with Crippen LogP contribution in [0.5, 0.6) is 0 Å².